The fourth-order valence-corrected chi connectivity index (χ4v) is 6.85. The van der Waals surface area contributed by atoms with E-state index >= 15 is 0 Å². The Labute approximate surface area is 234 Å². The van der Waals surface area contributed by atoms with Gasteiger partial charge in [0.05, 0.1) is 23.1 Å². The van der Waals surface area contributed by atoms with Crippen molar-refractivity contribution in [2.45, 2.75) is 57.5 Å². The van der Waals surface area contributed by atoms with E-state index in [1.54, 1.807) is 0 Å². The lowest BCUT2D eigenvalue weighted by atomic mass is 9.52. The van der Waals surface area contributed by atoms with Gasteiger partial charge in [0.1, 0.15) is 5.75 Å². The zero-order chi connectivity index (χ0) is 30.8. The lowest BCUT2D eigenvalue weighted by Gasteiger charge is -2.52. The summed E-state index contributed by atoms with van der Waals surface area (Å²) in [5, 5.41) is 25.3. The number of amides is 1. The first kappa shape index (κ1) is 30.8. The van der Waals surface area contributed by atoms with Crippen molar-refractivity contribution in [1.82, 2.24) is 10.2 Å². The highest BCUT2D eigenvalue weighted by atomic mass is 19.4. The van der Waals surface area contributed by atoms with Gasteiger partial charge < -0.3 is 21.3 Å². The molecule has 0 aromatic heterocycles. The number of primary amides is 1. The molecule has 0 heterocycles. The largest absolute Gasteiger partial charge is 0.507 e. The third kappa shape index (κ3) is 4.87. The number of likely N-dealkylation sites (N-methyl/N-ethyl adjacent to an activating group) is 1. The molecule has 2 unspecified atom stereocenters. The summed E-state index contributed by atoms with van der Waals surface area (Å²) < 4.78 is 43.5. The van der Waals surface area contributed by atoms with Gasteiger partial charge in [0, 0.05) is 12.5 Å². The number of hydrogen-bond donors (Lipinski definition) is 4. The van der Waals surface area contributed by atoms with Crippen molar-refractivity contribution in [1.29, 1.82) is 0 Å². The predicted octanol–water partition coefficient (Wildman–Crippen LogP) is 1.02. The fraction of sp³-hybridized carbons (Fsp3) is 0.607. The molecular formula is C28H34F3N3O7. The minimum Gasteiger partial charge on any atom is -0.507 e. The highest BCUT2D eigenvalue weighted by molar-refractivity contribution is 6.32. The molecule has 10 nitrogen and oxygen atoms in total. The fourth-order valence-electron chi connectivity index (χ4n) is 6.85. The Morgan fingerprint density at radius 1 is 1.20 bits per heavy atom. The second kappa shape index (κ2) is 10.6. The summed E-state index contributed by atoms with van der Waals surface area (Å²) in [6.07, 6.45) is -5.00. The van der Waals surface area contributed by atoms with Crippen LogP contribution in [0.15, 0.2) is 6.07 Å². The average Bonchev–Trinajstić information content (AvgIpc) is 2.82. The number of hydrogen-bond acceptors (Lipinski definition) is 9. The Morgan fingerprint density at radius 2 is 1.83 bits per heavy atom. The molecular weight excluding hydrogens is 547 g/mol. The number of carbonyl (C=O) groups excluding carboxylic acids is 5. The molecule has 2 saturated carbocycles. The number of phenolic OH excluding ortho intramolecular Hbond substituents is 1. The van der Waals surface area contributed by atoms with Gasteiger partial charge in [-0.1, -0.05) is 13.8 Å². The summed E-state index contributed by atoms with van der Waals surface area (Å²) in [7, 11) is 2.85. The molecule has 0 spiro atoms. The maximum Gasteiger partial charge on any atom is 0.417 e. The first-order valence-electron chi connectivity index (χ1n) is 13.4. The topological polar surface area (TPSA) is 167 Å². The summed E-state index contributed by atoms with van der Waals surface area (Å²) in [5.41, 5.74) is -0.170. The zero-order valence-corrected chi connectivity index (χ0v) is 23.2. The number of rotatable bonds is 7. The van der Waals surface area contributed by atoms with Gasteiger partial charge >= 0.3 is 6.18 Å². The average molecular weight is 582 g/mol. The van der Waals surface area contributed by atoms with Crippen molar-refractivity contribution in [3.8, 4) is 5.75 Å². The molecule has 2 fully saturated rings. The second-order valence-electron chi connectivity index (χ2n) is 11.9. The number of carbonyl (C=O) groups is 5. The van der Waals surface area contributed by atoms with Crippen LogP contribution in [-0.2, 0) is 38.3 Å². The molecule has 224 valence electrons. The van der Waals surface area contributed by atoms with Gasteiger partial charge in [-0.3, -0.25) is 28.9 Å². The first-order chi connectivity index (χ1) is 18.9. The van der Waals surface area contributed by atoms with Crippen LogP contribution in [0, 0.1) is 29.6 Å². The third-order valence-electron chi connectivity index (χ3n) is 8.64. The molecule has 41 heavy (non-hydrogen) atoms. The molecule has 1 aromatic carbocycles. The quantitative estimate of drug-likeness (QED) is 0.272. The van der Waals surface area contributed by atoms with Crippen molar-refractivity contribution in [3.05, 3.63) is 28.3 Å². The molecule has 5 N–H and O–H groups in total. The Morgan fingerprint density at radius 3 is 2.37 bits per heavy atom. The van der Waals surface area contributed by atoms with Gasteiger partial charge in [0.15, 0.2) is 34.7 Å². The van der Waals surface area contributed by atoms with Crippen LogP contribution in [0.25, 0.3) is 0 Å². The van der Waals surface area contributed by atoms with Gasteiger partial charge in [0.2, 0.25) is 5.91 Å². The number of aromatic hydroxyl groups is 1. The van der Waals surface area contributed by atoms with Crippen molar-refractivity contribution in [2.24, 2.45) is 35.3 Å². The Bertz CT molecular complexity index is 1330. The van der Waals surface area contributed by atoms with Crippen LogP contribution in [-0.4, -0.2) is 76.4 Å². The molecule has 1 amide bonds. The van der Waals surface area contributed by atoms with Crippen LogP contribution in [0.2, 0.25) is 0 Å². The molecule has 3 aliphatic rings. The number of ketones is 4. The summed E-state index contributed by atoms with van der Waals surface area (Å²) in [6, 6.07) is -0.494. The third-order valence-corrected chi connectivity index (χ3v) is 8.64. The van der Waals surface area contributed by atoms with Crippen LogP contribution in [0.3, 0.4) is 0 Å². The second-order valence-corrected chi connectivity index (χ2v) is 11.9. The van der Waals surface area contributed by atoms with Crippen LogP contribution in [0.5, 0.6) is 5.75 Å². The lowest BCUT2D eigenvalue weighted by molar-refractivity contribution is -0.181. The molecule has 1 aromatic rings. The Kier molecular flexibility index (Phi) is 7.95. The van der Waals surface area contributed by atoms with Crippen LogP contribution in [0.1, 0.15) is 53.7 Å². The molecule has 4 rings (SSSR count). The Balaban J connectivity index is 1.83. The van der Waals surface area contributed by atoms with E-state index in [4.69, 9.17) is 5.73 Å². The summed E-state index contributed by atoms with van der Waals surface area (Å²) in [4.78, 5) is 67.2. The number of nitrogens with one attached hydrogen (secondary N) is 1. The van der Waals surface area contributed by atoms with Gasteiger partial charge in [0.25, 0.3) is 0 Å². The highest BCUT2D eigenvalue weighted by Gasteiger charge is 2.69. The standard InChI is InChI=1S/C28H34F3N3O7/c1-11(2)5-6-33-10-13-9-16(35)18-14(20(13)28(29,30)31)7-12-8-15-21(34(3)4)23(37)19(26(32)40)25(39)27(15,41)24(38)17(12)22(18)36/h9,11-12,15,17,19,21,33,35,41H,5-8,10H2,1-4H3,(H2,32,40)/t12-,15-,17?,19?,21-,27-/m0/s1. The number of benzene rings is 1. The Hall–Kier alpha value is -3.16. The maximum atomic E-state index is 14.5. The molecule has 0 radical (unpaired) electrons. The van der Waals surface area contributed by atoms with E-state index in [1.165, 1.54) is 19.0 Å². The molecule has 0 bridgehead atoms. The van der Waals surface area contributed by atoms with Crippen molar-refractivity contribution in [2.75, 3.05) is 20.6 Å². The smallest absolute Gasteiger partial charge is 0.417 e. The van der Waals surface area contributed by atoms with E-state index in [0.717, 1.165) is 6.07 Å². The maximum absolute atomic E-state index is 14.5. The number of nitrogens with zero attached hydrogens (tertiary/aromatic N) is 1. The lowest BCUT2D eigenvalue weighted by Crippen LogP contribution is -2.74. The minimum absolute atomic E-state index is 0.230. The number of fused-ring (bicyclic) bond motifs is 3. The molecule has 0 aliphatic heterocycles. The highest BCUT2D eigenvalue weighted by Crippen LogP contribution is 2.52. The molecule has 0 saturated heterocycles. The number of aliphatic hydroxyl groups is 1. The van der Waals surface area contributed by atoms with Gasteiger partial charge in [-0.05, 0) is 68.9 Å². The van der Waals surface area contributed by atoms with Crippen molar-refractivity contribution >= 4 is 29.0 Å². The van der Waals surface area contributed by atoms with Crippen LogP contribution >= 0.6 is 0 Å². The van der Waals surface area contributed by atoms with E-state index in [9.17, 15) is 47.4 Å². The number of nitrogens with two attached hydrogens (primary N) is 1. The van der Waals surface area contributed by atoms with Crippen LogP contribution in [0.4, 0.5) is 13.2 Å². The van der Waals surface area contributed by atoms with E-state index in [1.807, 2.05) is 13.8 Å². The SMILES string of the molecule is CC(C)CCNCc1cc(O)c2c(c1C(F)(F)F)C[C@H]1C[C@H]3[C@H](N(C)C)C(=O)C(C(N)=O)C(=O)[C@@]3(O)C(=O)C1C2=O. The summed E-state index contributed by atoms with van der Waals surface area (Å²) in [6.45, 7) is 4.12. The number of phenols is 1. The summed E-state index contributed by atoms with van der Waals surface area (Å²) >= 11 is 0. The first-order valence-corrected chi connectivity index (χ1v) is 13.4. The van der Waals surface area contributed by atoms with E-state index < -0.39 is 99.4 Å². The number of alkyl halides is 3. The number of Topliss-reactive ketones (excluding diaryl/α,β-unsaturated/α-hetero) is 4. The minimum atomic E-state index is -4.91. The zero-order valence-electron chi connectivity index (χ0n) is 23.2. The van der Waals surface area contributed by atoms with Crippen molar-refractivity contribution in [3.63, 3.8) is 0 Å². The summed E-state index contributed by atoms with van der Waals surface area (Å²) in [5.74, 6) is -13.1. The van der Waals surface area contributed by atoms with Gasteiger partial charge in [-0.15, -0.1) is 0 Å². The van der Waals surface area contributed by atoms with E-state index in [0.29, 0.717) is 18.9 Å². The monoisotopic (exact) mass is 581 g/mol. The predicted molar refractivity (Wildman–Crippen MR) is 138 cm³/mol. The van der Waals surface area contributed by atoms with Gasteiger partial charge in [-0.2, -0.15) is 13.2 Å². The van der Waals surface area contributed by atoms with Crippen LogP contribution < -0.4 is 11.1 Å². The normalized spacial score (nSPS) is 30.0. The molecule has 3 aliphatic carbocycles. The van der Waals surface area contributed by atoms with Crippen molar-refractivity contribution < 1.29 is 47.4 Å². The van der Waals surface area contributed by atoms with Gasteiger partial charge in [-0.25, -0.2) is 0 Å². The van der Waals surface area contributed by atoms with E-state index in [2.05, 4.69) is 5.32 Å². The molecule has 13 heteroatoms. The molecule has 6 atom stereocenters. The van der Waals surface area contributed by atoms with E-state index in [-0.39, 0.29) is 18.5 Å². The number of halogens is 3.